The molecule has 1 aliphatic rings. The van der Waals surface area contributed by atoms with Gasteiger partial charge in [-0.15, -0.1) is 12.4 Å². The smallest absolute Gasteiger partial charge is 0.240 e. The Morgan fingerprint density at radius 3 is 2.68 bits per heavy atom. The van der Waals surface area contributed by atoms with E-state index < -0.39 is 5.54 Å². The van der Waals surface area contributed by atoms with E-state index in [1.54, 1.807) is 6.92 Å². The maximum atomic E-state index is 12.2. The van der Waals surface area contributed by atoms with Crippen LogP contribution in [-0.4, -0.2) is 55.1 Å². The molecule has 1 atom stereocenters. The van der Waals surface area contributed by atoms with Crippen molar-refractivity contribution in [3.8, 4) is 0 Å². The highest BCUT2D eigenvalue weighted by atomic mass is 35.5. The molecule has 1 aromatic rings. The lowest BCUT2D eigenvalue weighted by atomic mass is 9.96. The van der Waals surface area contributed by atoms with E-state index in [0.29, 0.717) is 19.4 Å². The van der Waals surface area contributed by atoms with Gasteiger partial charge >= 0.3 is 0 Å². The minimum absolute atomic E-state index is 0. The maximum Gasteiger partial charge on any atom is 0.240 e. The lowest BCUT2D eigenvalue weighted by Gasteiger charge is -2.26. The fourth-order valence-corrected chi connectivity index (χ4v) is 3.08. The van der Waals surface area contributed by atoms with Gasteiger partial charge in [-0.1, -0.05) is 25.5 Å². The quantitative estimate of drug-likeness (QED) is 0.575. The van der Waals surface area contributed by atoms with Crippen LogP contribution in [-0.2, 0) is 20.9 Å². The number of nitrogens with one attached hydrogen (secondary N) is 2. The van der Waals surface area contributed by atoms with Gasteiger partial charge in [0, 0.05) is 38.3 Å². The molecular formula is C20H33ClN4O3. The molecular weight excluding hydrogens is 380 g/mol. The normalized spacial score (nSPS) is 16.5. The number of benzene rings is 1. The Morgan fingerprint density at radius 2 is 2.00 bits per heavy atom. The molecule has 0 aliphatic carbocycles. The van der Waals surface area contributed by atoms with E-state index in [2.05, 4.69) is 15.5 Å². The fraction of sp³-hybridized carbons (Fsp3) is 0.600. The number of anilines is 1. The van der Waals surface area contributed by atoms with Gasteiger partial charge in [-0.2, -0.15) is 0 Å². The largest absolute Gasteiger partial charge is 0.379 e. The third kappa shape index (κ3) is 8.14. The highest BCUT2D eigenvalue weighted by Gasteiger charge is 2.26. The van der Waals surface area contributed by atoms with Gasteiger partial charge in [0.05, 0.1) is 18.8 Å². The molecule has 7 nitrogen and oxygen atoms in total. The summed E-state index contributed by atoms with van der Waals surface area (Å²) in [5.74, 6) is -0.176. The van der Waals surface area contributed by atoms with Gasteiger partial charge in [-0.05, 0) is 31.0 Å². The van der Waals surface area contributed by atoms with Crippen molar-refractivity contribution in [2.45, 2.75) is 45.2 Å². The second-order valence-corrected chi connectivity index (χ2v) is 7.30. The number of hydrogen-bond donors (Lipinski definition) is 3. The number of amides is 2. The standard InChI is InChI=1S/C20H32N4O3.ClH/c1-3-8-20(2,21)19(26)22-15-16-5-4-6-17(14-16)23-18(25)7-9-24-10-12-27-13-11-24;/h4-6,14H,3,7-13,15,21H2,1-2H3,(H,22,26)(H,23,25);1H. The van der Waals surface area contributed by atoms with E-state index in [-0.39, 0.29) is 24.2 Å². The number of ether oxygens (including phenoxy) is 1. The Hall–Kier alpha value is -1.67. The number of halogens is 1. The molecule has 1 aromatic carbocycles. The van der Waals surface area contributed by atoms with Crippen LogP contribution in [0.1, 0.15) is 38.7 Å². The van der Waals surface area contributed by atoms with Crippen LogP contribution in [0.2, 0.25) is 0 Å². The third-order valence-corrected chi connectivity index (χ3v) is 4.71. The lowest BCUT2D eigenvalue weighted by Crippen LogP contribution is -2.51. The Balaban J connectivity index is 0.00000392. The van der Waals surface area contributed by atoms with Crippen molar-refractivity contribution in [1.29, 1.82) is 0 Å². The van der Waals surface area contributed by atoms with E-state index >= 15 is 0 Å². The summed E-state index contributed by atoms with van der Waals surface area (Å²) < 4.78 is 5.31. The zero-order valence-electron chi connectivity index (χ0n) is 16.8. The molecule has 2 rings (SSSR count). The van der Waals surface area contributed by atoms with Crippen LogP contribution in [0.3, 0.4) is 0 Å². The summed E-state index contributed by atoms with van der Waals surface area (Å²) in [6.45, 7) is 8.08. The molecule has 0 bridgehead atoms. The minimum atomic E-state index is -0.861. The van der Waals surface area contributed by atoms with Crippen LogP contribution in [0, 0.1) is 0 Å². The number of carbonyl (C=O) groups is 2. The van der Waals surface area contributed by atoms with Crippen LogP contribution in [0.15, 0.2) is 24.3 Å². The van der Waals surface area contributed by atoms with E-state index in [4.69, 9.17) is 10.5 Å². The van der Waals surface area contributed by atoms with E-state index in [9.17, 15) is 9.59 Å². The van der Waals surface area contributed by atoms with Gasteiger partial charge in [0.2, 0.25) is 11.8 Å². The second-order valence-electron chi connectivity index (χ2n) is 7.30. The molecule has 1 unspecified atom stereocenters. The Bertz CT molecular complexity index is 634. The van der Waals surface area contributed by atoms with Crippen LogP contribution in [0.25, 0.3) is 0 Å². The molecule has 0 aromatic heterocycles. The monoisotopic (exact) mass is 412 g/mol. The number of carbonyl (C=O) groups excluding carboxylic acids is 2. The van der Waals surface area contributed by atoms with Crippen molar-refractivity contribution in [3.05, 3.63) is 29.8 Å². The van der Waals surface area contributed by atoms with Gasteiger partial charge in [-0.3, -0.25) is 14.5 Å². The molecule has 0 radical (unpaired) electrons. The summed E-state index contributed by atoms with van der Waals surface area (Å²) in [5, 5.41) is 5.80. The van der Waals surface area contributed by atoms with E-state index in [0.717, 1.165) is 50.5 Å². The van der Waals surface area contributed by atoms with Crippen molar-refractivity contribution < 1.29 is 14.3 Å². The predicted molar refractivity (Wildman–Crippen MR) is 114 cm³/mol. The molecule has 1 saturated heterocycles. The van der Waals surface area contributed by atoms with Crippen molar-refractivity contribution in [1.82, 2.24) is 10.2 Å². The fourth-order valence-electron chi connectivity index (χ4n) is 3.08. The molecule has 28 heavy (non-hydrogen) atoms. The van der Waals surface area contributed by atoms with Crippen LogP contribution in [0.4, 0.5) is 5.69 Å². The first-order valence-electron chi connectivity index (χ1n) is 9.67. The lowest BCUT2D eigenvalue weighted by molar-refractivity contribution is -0.126. The van der Waals surface area contributed by atoms with Crippen LogP contribution in [0.5, 0.6) is 0 Å². The van der Waals surface area contributed by atoms with E-state index in [1.807, 2.05) is 31.2 Å². The average Bonchev–Trinajstić information content (AvgIpc) is 2.65. The Morgan fingerprint density at radius 1 is 1.29 bits per heavy atom. The molecule has 8 heteroatoms. The van der Waals surface area contributed by atoms with Crippen LogP contribution >= 0.6 is 12.4 Å². The van der Waals surface area contributed by atoms with Gasteiger partial charge in [0.1, 0.15) is 0 Å². The van der Waals surface area contributed by atoms with Crippen molar-refractivity contribution in [2.24, 2.45) is 5.73 Å². The molecule has 1 aliphatic heterocycles. The number of rotatable bonds is 9. The molecule has 1 fully saturated rings. The summed E-state index contributed by atoms with van der Waals surface area (Å²) in [4.78, 5) is 26.6. The summed E-state index contributed by atoms with van der Waals surface area (Å²) in [7, 11) is 0. The molecule has 2 amide bonds. The summed E-state index contributed by atoms with van der Waals surface area (Å²) in [6, 6.07) is 7.51. The SMILES string of the molecule is CCCC(C)(N)C(=O)NCc1cccc(NC(=O)CCN2CCOCC2)c1.Cl. The molecule has 158 valence electrons. The summed E-state index contributed by atoms with van der Waals surface area (Å²) in [6.07, 6.45) is 1.94. The first kappa shape index (κ1) is 24.4. The first-order valence-corrected chi connectivity index (χ1v) is 9.67. The second kappa shape index (κ2) is 12.0. The summed E-state index contributed by atoms with van der Waals surface area (Å²) >= 11 is 0. The number of nitrogens with zero attached hydrogens (tertiary/aromatic N) is 1. The minimum Gasteiger partial charge on any atom is -0.379 e. The Labute approximate surface area is 173 Å². The van der Waals surface area contributed by atoms with Gasteiger partial charge in [0.25, 0.3) is 0 Å². The molecule has 1 heterocycles. The zero-order chi connectivity index (χ0) is 19.7. The average molecular weight is 413 g/mol. The maximum absolute atomic E-state index is 12.2. The van der Waals surface area contributed by atoms with Gasteiger partial charge < -0.3 is 21.1 Å². The number of morpholine rings is 1. The highest BCUT2D eigenvalue weighted by molar-refractivity contribution is 5.91. The third-order valence-electron chi connectivity index (χ3n) is 4.71. The highest BCUT2D eigenvalue weighted by Crippen LogP contribution is 2.13. The topological polar surface area (TPSA) is 96.7 Å². The Kier molecular flexibility index (Phi) is 10.5. The summed E-state index contributed by atoms with van der Waals surface area (Å²) in [5.41, 5.74) is 6.84. The molecule has 4 N–H and O–H groups in total. The van der Waals surface area contributed by atoms with E-state index in [1.165, 1.54) is 0 Å². The van der Waals surface area contributed by atoms with Gasteiger partial charge in [-0.25, -0.2) is 0 Å². The molecule has 0 saturated carbocycles. The number of hydrogen-bond acceptors (Lipinski definition) is 5. The number of nitrogens with two attached hydrogens (primary N) is 1. The molecule has 0 spiro atoms. The van der Waals surface area contributed by atoms with Crippen LogP contribution < -0.4 is 16.4 Å². The zero-order valence-corrected chi connectivity index (χ0v) is 17.6. The van der Waals surface area contributed by atoms with Crippen molar-refractivity contribution >= 4 is 29.9 Å². The predicted octanol–water partition coefficient (Wildman–Crippen LogP) is 1.90. The van der Waals surface area contributed by atoms with Crippen molar-refractivity contribution in [3.63, 3.8) is 0 Å². The van der Waals surface area contributed by atoms with Crippen molar-refractivity contribution in [2.75, 3.05) is 38.2 Å². The van der Waals surface area contributed by atoms with Gasteiger partial charge in [0.15, 0.2) is 0 Å². The first-order chi connectivity index (χ1) is 12.9.